The lowest BCUT2D eigenvalue weighted by molar-refractivity contribution is 0.166. The number of likely N-dealkylation sites (N-methyl/N-ethyl adjacent to an activating group) is 1. The quantitative estimate of drug-likeness (QED) is 0.841. The van der Waals surface area contributed by atoms with Crippen LogP contribution >= 0.6 is 0 Å². The molecule has 1 aliphatic heterocycles. The highest BCUT2D eigenvalue weighted by Crippen LogP contribution is 2.42. The van der Waals surface area contributed by atoms with Gasteiger partial charge in [0.05, 0.1) is 32.0 Å². The van der Waals surface area contributed by atoms with Gasteiger partial charge >= 0.3 is 0 Å². The van der Waals surface area contributed by atoms with Crippen LogP contribution in [0.25, 0.3) is 0 Å². The van der Waals surface area contributed by atoms with Gasteiger partial charge in [0.2, 0.25) is 0 Å². The van der Waals surface area contributed by atoms with Gasteiger partial charge in [0, 0.05) is 13.0 Å². The van der Waals surface area contributed by atoms with Crippen molar-refractivity contribution >= 4 is 0 Å². The van der Waals surface area contributed by atoms with Crippen LogP contribution in [0.5, 0.6) is 17.2 Å². The zero-order valence-corrected chi connectivity index (χ0v) is 10.7. The van der Waals surface area contributed by atoms with Crippen molar-refractivity contribution in [2.75, 3.05) is 33.9 Å². The Bertz CT molecular complexity index is 408. The SMILES string of the molecule is CNCC(O)c1c(OC)ccc2c1OCCCO2. The lowest BCUT2D eigenvalue weighted by Gasteiger charge is -2.19. The number of rotatable bonds is 4. The third-order valence-electron chi connectivity index (χ3n) is 2.86. The number of benzene rings is 1. The van der Waals surface area contributed by atoms with Crippen molar-refractivity contribution in [1.29, 1.82) is 0 Å². The van der Waals surface area contributed by atoms with E-state index in [-0.39, 0.29) is 0 Å². The van der Waals surface area contributed by atoms with Crippen molar-refractivity contribution < 1.29 is 19.3 Å². The van der Waals surface area contributed by atoms with Crippen LogP contribution < -0.4 is 19.5 Å². The molecule has 0 radical (unpaired) electrons. The number of fused-ring (bicyclic) bond motifs is 1. The van der Waals surface area contributed by atoms with Crippen molar-refractivity contribution in [2.24, 2.45) is 0 Å². The van der Waals surface area contributed by atoms with Crippen LogP contribution in [0.4, 0.5) is 0 Å². The van der Waals surface area contributed by atoms with E-state index in [9.17, 15) is 5.11 Å². The zero-order valence-electron chi connectivity index (χ0n) is 10.7. The standard InChI is InChI=1S/C13H19NO4/c1-14-8-9(15)12-10(16-2)4-5-11-13(12)18-7-3-6-17-11/h4-5,9,14-15H,3,6-8H2,1-2H3. The molecule has 1 aromatic rings. The Balaban J connectivity index is 2.45. The second-order valence-corrected chi connectivity index (χ2v) is 4.13. The van der Waals surface area contributed by atoms with Crippen LogP contribution in [0, 0.1) is 0 Å². The number of ether oxygens (including phenoxy) is 3. The van der Waals surface area contributed by atoms with Crippen molar-refractivity contribution in [3.8, 4) is 17.2 Å². The van der Waals surface area contributed by atoms with Crippen molar-refractivity contribution in [2.45, 2.75) is 12.5 Å². The summed E-state index contributed by atoms with van der Waals surface area (Å²) in [5, 5.41) is 13.1. The molecule has 2 rings (SSSR count). The summed E-state index contributed by atoms with van der Waals surface area (Å²) in [4.78, 5) is 0. The number of nitrogens with one attached hydrogen (secondary N) is 1. The second kappa shape index (κ2) is 5.93. The number of aliphatic hydroxyl groups excluding tert-OH is 1. The molecular weight excluding hydrogens is 234 g/mol. The van der Waals surface area contributed by atoms with Gasteiger partial charge in [0.15, 0.2) is 11.5 Å². The van der Waals surface area contributed by atoms with Gasteiger partial charge in [0.1, 0.15) is 5.75 Å². The van der Waals surface area contributed by atoms with Gasteiger partial charge in [-0.15, -0.1) is 0 Å². The van der Waals surface area contributed by atoms with E-state index in [1.54, 1.807) is 20.2 Å². The Morgan fingerprint density at radius 2 is 2.17 bits per heavy atom. The maximum Gasteiger partial charge on any atom is 0.170 e. The number of hydrogen-bond donors (Lipinski definition) is 2. The maximum absolute atomic E-state index is 10.2. The highest BCUT2D eigenvalue weighted by Gasteiger charge is 2.24. The summed E-state index contributed by atoms with van der Waals surface area (Å²) in [5.41, 5.74) is 0.645. The summed E-state index contributed by atoms with van der Waals surface area (Å²) >= 11 is 0. The Kier molecular flexibility index (Phi) is 4.28. The third-order valence-corrected chi connectivity index (χ3v) is 2.86. The molecule has 1 atom stereocenters. The van der Waals surface area contributed by atoms with E-state index in [2.05, 4.69) is 5.32 Å². The maximum atomic E-state index is 10.2. The van der Waals surface area contributed by atoms with E-state index in [1.807, 2.05) is 6.07 Å². The van der Waals surface area contributed by atoms with E-state index in [0.29, 0.717) is 42.6 Å². The highest BCUT2D eigenvalue weighted by atomic mass is 16.5. The topological polar surface area (TPSA) is 60.0 Å². The first-order valence-corrected chi connectivity index (χ1v) is 6.07. The molecule has 0 saturated carbocycles. The summed E-state index contributed by atoms with van der Waals surface area (Å²) < 4.78 is 16.6. The molecule has 100 valence electrons. The van der Waals surface area contributed by atoms with Crippen molar-refractivity contribution in [3.63, 3.8) is 0 Å². The molecule has 0 bridgehead atoms. The van der Waals surface area contributed by atoms with E-state index in [0.717, 1.165) is 6.42 Å². The first-order chi connectivity index (χ1) is 8.77. The lowest BCUT2D eigenvalue weighted by Crippen LogP contribution is -2.18. The number of methoxy groups -OCH3 is 1. The van der Waals surface area contributed by atoms with Gasteiger partial charge in [-0.3, -0.25) is 0 Å². The lowest BCUT2D eigenvalue weighted by atomic mass is 10.1. The third kappa shape index (κ3) is 2.52. The monoisotopic (exact) mass is 253 g/mol. The minimum absolute atomic E-state index is 0.427. The predicted octanol–water partition coefficient (Wildman–Crippen LogP) is 1.11. The average Bonchev–Trinajstić information content (AvgIpc) is 2.62. The van der Waals surface area contributed by atoms with Crippen LogP contribution in [0.2, 0.25) is 0 Å². The summed E-state index contributed by atoms with van der Waals surface area (Å²) in [6, 6.07) is 3.61. The van der Waals surface area contributed by atoms with Crippen LogP contribution in [-0.4, -0.2) is 39.0 Å². The van der Waals surface area contributed by atoms with Gasteiger partial charge in [-0.1, -0.05) is 0 Å². The largest absolute Gasteiger partial charge is 0.496 e. The number of aliphatic hydroxyl groups is 1. The fourth-order valence-electron chi connectivity index (χ4n) is 2.03. The highest BCUT2D eigenvalue weighted by molar-refractivity contribution is 5.55. The molecule has 0 aromatic heterocycles. The van der Waals surface area contributed by atoms with Crippen LogP contribution in [-0.2, 0) is 0 Å². The summed E-state index contributed by atoms with van der Waals surface area (Å²) in [5.74, 6) is 1.87. The van der Waals surface area contributed by atoms with Crippen LogP contribution in [0.15, 0.2) is 12.1 Å². The molecule has 5 nitrogen and oxygen atoms in total. The van der Waals surface area contributed by atoms with E-state index < -0.39 is 6.10 Å². The second-order valence-electron chi connectivity index (χ2n) is 4.13. The van der Waals surface area contributed by atoms with E-state index in [4.69, 9.17) is 14.2 Å². The molecule has 0 fully saturated rings. The molecule has 2 N–H and O–H groups in total. The molecular formula is C13H19NO4. The normalized spacial score (nSPS) is 15.9. The Labute approximate surface area is 107 Å². The van der Waals surface area contributed by atoms with Gasteiger partial charge < -0.3 is 24.6 Å². The van der Waals surface area contributed by atoms with Gasteiger partial charge in [-0.05, 0) is 19.2 Å². The molecule has 18 heavy (non-hydrogen) atoms. The van der Waals surface area contributed by atoms with Crippen LogP contribution in [0.3, 0.4) is 0 Å². The molecule has 5 heteroatoms. The molecule has 1 aliphatic rings. The summed E-state index contributed by atoms with van der Waals surface area (Å²) in [6.45, 7) is 1.64. The van der Waals surface area contributed by atoms with E-state index >= 15 is 0 Å². The molecule has 1 unspecified atom stereocenters. The smallest absolute Gasteiger partial charge is 0.170 e. The molecule has 1 aromatic carbocycles. The Morgan fingerprint density at radius 3 is 2.89 bits per heavy atom. The summed E-state index contributed by atoms with van der Waals surface area (Å²) in [7, 11) is 3.36. The Hall–Kier alpha value is -1.46. The molecule has 0 saturated heterocycles. The van der Waals surface area contributed by atoms with E-state index in [1.165, 1.54) is 0 Å². The van der Waals surface area contributed by atoms with Gasteiger partial charge in [0.25, 0.3) is 0 Å². The average molecular weight is 253 g/mol. The zero-order chi connectivity index (χ0) is 13.0. The van der Waals surface area contributed by atoms with Crippen molar-refractivity contribution in [3.05, 3.63) is 17.7 Å². The predicted molar refractivity (Wildman–Crippen MR) is 67.5 cm³/mol. The minimum atomic E-state index is -0.693. The molecule has 1 heterocycles. The summed E-state index contributed by atoms with van der Waals surface area (Å²) in [6.07, 6.45) is 0.139. The molecule has 0 spiro atoms. The van der Waals surface area contributed by atoms with Crippen LogP contribution in [0.1, 0.15) is 18.1 Å². The first-order valence-electron chi connectivity index (χ1n) is 6.07. The molecule has 0 amide bonds. The Morgan fingerprint density at radius 1 is 1.39 bits per heavy atom. The first kappa shape index (κ1) is 13.0. The van der Waals surface area contributed by atoms with Gasteiger partial charge in [-0.2, -0.15) is 0 Å². The minimum Gasteiger partial charge on any atom is -0.496 e. The fraction of sp³-hybridized carbons (Fsp3) is 0.538. The van der Waals surface area contributed by atoms with Crippen molar-refractivity contribution in [1.82, 2.24) is 5.32 Å². The van der Waals surface area contributed by atoms with Gasteiger partial charge in [-0.25, -0.2) is 0 Å². The fourth-order valence-corrected chi connectivity index (χ4v) is 2.03. The molecule has 0 aliphatic carbocycles. The number of hydrogen-bond acceptors (Lipinski definition) is 5.